The summed E-state index contributed by atoms with van der Waals surface area (Å²) in [5.41, 5.74) is 2.35. The topological polar surface area (TPSA) is 61.4 Å². The molecule has 0 atom stereocenters. The lowest BCUT2D eigenvalue weighted by atomic mass is 10.1. The maximum absolute atomic E-state index is 5.42. The van der Waals surface area contributed by atoms with E-state index in [1.807, 2.05) is 25.4 Å². The first-order valence-corrected chi connectivity index (χ1v) is 6.31. The Kier molecular flexibility index (Phi) is 4.28. The third kappa shape index (κ3) is 2.81. The molecule has 102 valence electrons. The first-order valence-electron chi connectivity index (χ1n) is 6.31. The highest BCUT2D eigenvalue weighted by Crippen LogP contribution is 2.28. The number of rotatable bonds is 4. The Labute approximate surface area is 113 Å². The van der Waals surface area contributed by atoms with Crippen LogP contribution in [0.5, 0.6) is 5.75 Å². The molecule has 0 saturated carbocycles. The van der Waals surface area contributed by atoms with Crippen molar-refractivity contribution in [3.63, 3.8) is 0 Å². The monoisotopic (exact) mass is 260 g/mol. The van der Waals surface area contributed by atoms with Gasteiger partial charge in [0.1, 0.15) is 5.75 Å². The van der Waals surface area contributed by atoms with E-state index >= 15 is 0 Å². The molecular formula is C14H20N4O. The number of methoxy groups -OCH3 is 1. The number of ether oxygens (including phenoxy) is 1. The fourth-order valence-electron chi connectivity index (χ4n) is 2.18. The van der Waals surface area contributed by atoms with Crippen LogP contribution in [0, 0.1) is 0 Å². The molecule has 5 heteroatoms. The zero-order valence-electron chi connectivity index (χ0n) is 11.6. The lowest BCUT2D eigenvalue weighted by Gasteiger charge is -2.08. The first kappa shape index (κ1) is 13.3. The molecular weight excluding hydrogens is 240 g/mol. The second-order valence-electron chi connectivity index (χ2n) is 4.20. The summed E-state index contributed by atoms with van der Waals surface area (Å²) in [6.45, 7) is 0.818. The normalized spacial score (nSPS) is 11.6. The smallest absolute Gasteiger partial charge is 0.190 e. The van der Waals surface area contributed by atoms with Gasteiger partial charge in [-0.2, -0.15) is 0 Å². The SMILES string of the molecule is CN=C(NC)NCCc1c[nH]c2cccc(OC)c12. The molecule has 0 aliphatic heterocycles. The van der Waals surface area contributed by atoms with E-state index < -0.39 is 0 Å². The molecule has 1 aromatic carbocycles. The van der Waals surface area contributed by atoms with Crippen LogP contribution in [0.2, 0.25) is 0 Å². The van der Waals surface area contributed by atoms with Crippen LogP contribution in [0.25, 0.3) is 10.9 Å². The summed E-state index contributed by atoms with van der Waals surface area (Å²) in [5, 5.41) is 7.40. The predicted octanol–water partition coefficient (Wildman–Crippen LogP) is 1.51. The summed E-state index contributed by atoms with van der Waals surface area (Å²) in [7, 11) is 5.31. The molecule has 0 saturated heterocycles. The summed E-state index contributed by atoms with van der Waals surface area (Å²) < 4.78 is 5.42. The molecule has 0 spiro atoms. The number of benzene rings is 1. The van der Waals surface area contributed by atoms with Crippen molar-refractivity contribution in [2.75, 3.05) is 27.7 Å². The third-order valence-corrected chi connectivity index (χ3v) is 3.12. The molecule has 0 fully saturated rings. The van der Waals surface area contributed by atoms with Gasteiger partial charge in [-0.05, 0) is 24.1 Å². The van der Waals surface area contributed by atoms with Crippen LogP contribution >= 0.6 is 0 Å². The highest BCUT2D eigenvalue weighted by Gasteiger charge is 2.08. The maximum atomic E-state index is 5.42. The minimum absolute atomic E-state index is 0.798. The average Bonchev–Trinajstić information content (AvgIpc) is 2.87. The number of nitrogens with zero attached hydrogens (tertiary/aromatic N) is 1. The van der Waals surface area contributed by atoms with E-state index in [1.165, 1.54) is 5.56 Å². The minimum atomic E-state index is 0.798. The first-order chi connectivity index (χ1) is 9.30. The Morgan fingerprint density at radius 1 is 1.42 bits per heavy atom. The fraction of sp³-hybridized carbons (Fsp3) is 0.357. The number of nitrogens with one attached hydrogen (secondary N) is 3. The van der Waals surface area contributed by atoms with Gasteiger partial charge in [-0.1, -0.05) is 6.07 Å². The molecule has 0 aliphatic carbocycles. The summed E-state index contributed by atoms with van der Waals surface area (Å²) in [6, 6.07) is 6.03. The van der Waals surface area contributed by atoms with Gasteiger partial charge >= 0.3 is 0 Å². The molecule has 0 bridgehead atoms. The molecule has 3 N–H and O–H groups in total. The minimum Gasteiger partial charge on any atom is -0.496 e. The van der Waals surface area contributed by atoms with Gasteiger partial charge in [-0.3, -0.25) is 4.99 Å². The van der Waals surface area contributed by atoms with E-state index in [1.54, 1.807) is 14.2 Å². The Hall–Kier alpha value is -2.17. The van der Waals surface area contributed by atoms with E-state index in [-0.39, 0.29) is 0 Å². The second kappa shape index (κ2) is 6.13. The van der Waals surface area contributed by atoms with Crippen molar-refractivity contribution in [1.82, 2.24) is 15.6 Å². The van der Waals surface area contributed by atoms with Crippen LogP contribution in [0.3, 0.4) is 0 Å². The molecule has 19 heavy (non-hydrogen) atoms. The van der Waals surface area contributed by atoms with Gasteiger partial charge in [0.2, 0.25) is 0 Å². The molecule has 0 unspecified atom stereocenters. The summed E-state index contributed by atoms with van der Waals surface area (Å²) in [4.78, 5) is 7.36. The molecule has 5 nitrogen and oxygen atoms in total. The van der Waals surface area contributed by atoms with Crippen molar-refractivity contribution in [2.45, 2.75) is 6.42 Å². The number of fused-ring (bicyclic) bond motifs is 1. The van der Waals surface area contributed by atoms with Gasteiger partial charge in [0.25, 0.3) is 0 Å². The number of aromatic nitrogens is 1. The van der Waals surface area contributed by atoms with Crippen LogP contribution in [0.1, 0.15) is 5.56 Å². The Morgan fingerprint density at radius 2 is 2.26 bits per heavy atom. The van der Waals surface area contributed by atoms with Crippen molar-refractivity contribution in [2.24, 2.45) is 4.99 Å². The summed E-state index contributed by atoms with van der Waals surface area (Å²) >= 11 is 0. The number of hydrogen-bond donors (Lipinski definition) is 3. The number of H-pyrrole nitrogens is 1. The van der Waals surface area contributed by atoms with Gasteiger partial charge in [0.05, 0.1) is 7.11 Å². The Morgan fingerprint density at radius 3 is 2.95 bits per heavy atom. The molecule has 1 heterocycles. The van der Waals surface area contributed by atoms with Crippen molar-refractivity contribution in [1.29, 1.82) is 0 Å². The van der Waals surface area contributed by atoms with Crippen LogP contribution in [0.15, 0.2) is 29.4 Å². The maximum Gasteiger partial charge on any atom is 0.190 e. The van der Waals surface area contributed by atoms with Crippen molar-refractivity contribution in [3.8, 4) is 5.75 Å². The molecule has 0 aliphatic rings. The van der Waals surface area contributed by atoms with Crippen LogP contribution in [-0.2, 0) is 6.42 Å². The van der Waals surface area contributed by atoms with Gasteiger partial charge in [-0.15, -0.1) is 0 Å². The highest BCUT2D eigenvalue weighted by atomic mass is 16.5. The second-order valence-corrected chi connectivity index (χ2v) is 4.20. The summed E-state index contributed by atoms with van der Waals surface area (Å²) in [5.74, 6) is 1.71. The van der Waals surface area contributed by atoms with E-state index in [0.717, 1.165) is 35.6 Å². The van der Waals surface area contributed by atoms with Crippen molar-refractivity contribution in [3.05, 3.63) is 30.0 Å². The lowest BCUT2D eigenvalue weighted by Crippen LogP contribution is -2.35. The van der Waals surface area contributed by atoms with Crippen molar-refractivity contribution >= 4 is 16.9 Å². The third-order valence-electron chi connectivity index (χ3n) is 3.12. The molecule has 1 aromatic heterocycles. The molecule has 0 amide bonds. The van der Waals surface area contributed by atoms with Gasteiger partial charge in [0, 0.05) is 37.7 Å². The zero-order chi connectivity index (χ0) is 13.7. The standard InChI is InChI=1S/C14H20N4O/c1-15-14(16-2)17-8-7-10-9-18-11-5-4-6-12(19-3)13(10)11/h4-6,9,18H,7-8H2,1-3H3,(H2,15,16,17). The van der Waals surface area contributed by atoms with Crippen LogP contribution in [0.4, 0.5) is 0 Å². The molecule has 2 aromatic rings. The van der Waals surface area contributed by atoms with E-state index in [4.69, 9.17) is 4.74 Å². The number of aromatic amines is 1. The lowest BCUT2D eigenvalue weighted by molar-refractivity contribution is 0.419. The van der Waals surface area contributed by atoms with E-state index in [2.05, 4.69) is 26.7 Å². The molecule has 2 rings (SSSR count). The van der Waals surface area contributed by atoms with Crippen LogP contribution < -0.4 is 15.4 Å². The Bertz CT molecular complexity index is 574. The Balaban J connectivity index is 2.13. The number of guanidine groups is 1. The van der Waals surface area contributed by atoms with Crippen LogP contribution in [-0.4, -0.2) is 38.7 Å². The van der Waals surface area contributed by atoms with Gasteiger partial charge < -0.3 is 20.4 Å². The average molecular weight is 260 g/mol. The molecule has 0 radical (unpaired) electrons. The quantitative estimate of drug-likeness (QED) is 0.577. The van der Waals surface area contributed by atoms with E-state index in [0.29, 0.717) is 0 Å². The number of aliphatic imine (C=N–C) groups is 1. The largest absolute Gasteiger partial charge is 0.496 e. The number of hydrogen-bond acceptors (Lipinski definition) is 2. The van der Waals surface area contributed by atoms with Gasteiger partial charge in [0.15, 0.2) is 5.96 Å². The van der Waals surface area contributed by atoms with Gasteiger partial charge in [-0.25, -0.2) is 0 Å². The fourth-order valence-corrected chi connectivity index (χ4v) is 2.18. The summed E-state index contributed by atoms with van der Waals surface area (Å²) in [6.07, 6.45) is 2.94. The van der Waals surface area contributed by atoms with Crippen molar-refractivity contribution < 1.29 is 4.74 Å². The zero-order valence-corrected chi connectivity index (χ0v) is 11.6. The van der Waals surface area contributed by atoms with E-state index in [9.17, 15) is 0 Å². The predicted molar refractivity (Wildman–Crippen MR) is 79.0 cm³/mol. The highest BCUT2D eigenvalue weighted by molar-refractivity contribution is 5.89.